The van der Waals surface area contributed by atoms with Crippen molar-refractivity contribution in [2.75, 3.05) is 5.73 Å². The number of nitrogens with two attached hydrogens (primary N) is 1. The van der Waals surface area contributed by atoms with Gasteiger partial charge in [-0.05, 0) is 24.1 Å². The number of amides is 1. The van der Waals surface area contributed by atoms with E-state index >= 15 is 0 Å². The first-order valence-corrected chi connectivity index (χ1v) is 6.09. The average Bonchev–Trinajstić information content (AvgIpc) is 2.77. The Hall–Kier alpha value is -2.30. The Morgan fingerprint density at radius 3 is 2.79 bits per heavy atom. The summed E-state index contributed by atoms with van der Waals surface area (Å²) in [5.41, 5.74) is 7.11. The monoisotopic (exact) mass is 260 g/mol. The van der Waals surface area contributed by atoms with Gasteiger partial charge in [0.15, 0.2) is 0 Å². The van der Waals surface area contributed by atoms with Crippen molar-refractivity contribution in [1.82, 2.24) is 5.32 Å². The number of rotatable bonds is 4. The van der Waals surface area contributed by atoms with Crippen LogP contribution < -0.4 is 11.1 Å². The van der Waals surface area contributed by atoms with Crippen LogP contribution in [-0.4, -0.2) is 23.0 Å². The smallest absolute Gasteiger partial charge is 0.310 e. The van der Waals surface area contributed by atoms with Crippen LogP contribution in [0.15, 0.2) is 36.4 Å². The first-order chi connectivity index (χ1) is 9.04. The van der Waals surface area contributed by atoms with Crippen molar-refractivity contribution in [1.29, 1.82) is 0 Å². The molecule has 1 aliphatic rings. The second-order valence-electron chi connectivity index (χ2n) is 4.66. The standard InChI is InChI=1S/C14H16N2O3/c15-11-3-1-2-9(6-11)7-13(17)16-12-5-4-10(8-12)14(18)19/h1-6,10,12H,7-8,15H2,(H,16,17)(H,18,19). The molecule has 2 unspecified atom stereocenters. The molecule has 100 valence electrons. The number of hydrogen-bond donors (Lipinski definition) is 3. The topological polar surface area (TPSA) is 92.4 Å². The Bertz CT molecular complexity index is 525. The van der Waals surface area contributed by atoms with Crippen LogP contribution in [0.5, 0.6) is 0 Å². The summed E-state index contributed by atoms with van der Waals surface area (Å²) >= 11 is 0. The summed E-state index contributed by atoms with van der Waals surface area (Å²) in [6.07, 6.45) is 4.01. The number of nitrogens with one attached hydrogen (secondary N) is 1. The van der Waals surface area contributed by atoms with Crippen LogP contribution in [0.1, 0.15) is 12.0 Å². The molecular formula is C14H16N2O3. The third-order valence-corrected chi connectivity index (χ3v) is 3.06. The van der Waals surface area contributed by atoms with Gasteiger partial charge >= 0.3 is 5.97 Å². The second-order valence-corrected chi connectivity index (χ2v) is 4.66. The highest BCUT2D eigenvalue weighted by Gasteiger charge is 2.25. The molecule has 2 atom stereocenters. The molecule has 0 saturated heterocycles. The number of benzene rings is 1. The fraction of sp³-hybridized carbons (Fsp3) is 0.286. The van der Waals surface area contributed by atoms with Gasteiger partial charge in [0.25, 0.3) is 0 Å². The maximum atomic E-state index is 11.8. The molecule has 4 N–H and O–H groups in total. The van der Waals surface area contributed by atoms with Gasteiger partial charge in [-0.1, -0.05) is 24.3 Å². The van der Waals surface area contributed by atoms with Gasteiger partial charge in [0.05, 0.1) is 12.3 Å². The lowest BCUT2D eigenvalue weighted by atomic mass is 10.1. The van der Waals surface area contributed by atoms with Gasteiger partial charge in [-0.15, -0.1) is 0 Å². The maximum absolute atomic E-state index is 11.8. The molecule has 5 heteroatoms. The molecule has 5 nitrogen and oxygen atoms in total. The molecule has 0 aliphatic heterocycles. The highest BCUT2D eigenvalue weighted by atomic mass is 16.4. The summed E-state index contributed by atoms with van der Waals surface area (Å²) in [5, 5.41) is 11.7. The number of aliphatic carboxylic acids is 1. The number of carboxylic acids is 1. The van der Waals surface area contributed by atoms with E-state index in [0.717, 1.165) is 5.56 Å². The normalized spacial score (nSPS) is 21.3. The van der Waals surface area contributed by atoms with Crippen LogP contribution in [0.25, 0.3) is 0 Å². The number of anilines is 1. The molecule has 0 fully saturated rings. The molecule has 0 aromatic heterocycles. The van der Waals surface area contributed by atoms with E-state index < -0.39 is 11.9 Å². The molecule has 1 amide bonds. The van der Waals surface area contributed by atoms with E-state index in [1.165, 1.54) is 0 Å². The highest BCUT2D eigenvalue weighted by molar-refractivity contribution is 5.80. The summed E-state index contributed by atoms with van der Waals surface area (Å²) in [4.78, 5) is 22.6. The predicted octanol–water partition coefficient (Wildman–Crippen LogP) is 0.957. The lowest BCUT2D eigenvalue weighted by Gasteiger charge is -2.12. The molecule has 1 aromatic rings. The molecule has 1 aromatic carbocycles. The van der Waals surface area contributed by atoms with Crippen LogP contribution in [0.4, 0.5) is 5.69 Å². The Balaban J connectivity index is 1.86. The van der Waals surface area contributed by atoms with E-state index in [0.29, 0.717) is 12.1 Å². The van der Waals surface area contributed by atoms with Crippen molar-refractivity contribution in [3.05, 3.63) is 42.0 Å². The van der Waals surface area contributed by atoms with Crippen LogP contribution >= 0.6 is 0 Å². The Morgan fingerprint density at radius 2 is 2.16 bits per heavy atom. The van der Waals surface area contributed by atoms with Gasteiger partial charge in [0, 0.05) is 11.7 Å². The first-order valence-electron chi connectivity index (χ1n) is 6.09. The van der Waals surface area contributed by atoms with Gasteiger partial charge in [0.1, 0.15) is 0 Å². The lowest BCUT2D eigenvalue weighted by Crippen LogP contribution is -2.34. The minimum atomic E-state index is -0.858. The van der Waals surface area contributed by atoms with Crippen molar-refractivity contribution in [2.24, 2.45) is 5.92 Å². The third-order valence-electron chi connectivity index (χ3n) is 3.06. The minimum Gasteiger partial charge on any atom is -0.481 e. The van der Waals surface area contributed by atoms with Crippen LogP contribution in [-0.2, 0) is 16.0 Å². The summed E-state index contributed by atoms with van der Waals surface area (Å²) in [6, 6.07) is 6.95. The average molecular weight is 260 g/mol. The molecule has 19 heavy (non-hydrogen) atoms. The Kier molecular flexibility index (Phi) is 3.85. The fourth-order valence-electron chi connectivity index (χ4n) is 2.14. The zero-order valence-electron chi connectivity index (χ0n) is 10.4. The Labute approximate surface area is 111 Å². The summed E-state index contributed by atoms with van der Waals surface area (Å²) < 4.78 is 0. The van der Waals surface area contributed by atoms with Crippen molar-refractivity contribution in [2.45, 2.75) is 18.9 Å². The van der Waals surface area contributed by atoms with Gasteiger partial charge < -0.3 is 16.2 Å². The van der Waals surface area contributed by atoms with Gasteiger partial charge in [-0.25, -0.2) is 0 Å². The molecule has 0 spiro atoms. The molecule has 1 aliphatic carbocycles. The van der Waals surface area contributed by atoms with E-state index in [2.05, 4.69) is 5.32 Å². The number of hydrogen-bond acceptors (Lipinski definition) is 3. The fourth-order valence-corrected chi connectivity index (χ4v) is 2.14. The largest absolute Gasteiger partial charge is 0.481 e. The zero-order chi connectivity index (χ0) is 13.8. The van der Waals surface area contributed by atoms with Gasteiger partial charge in [0.2, 0.25) is 5.91 Å². The summed E-state index contributed by atoms with van der Waals surface area (Å²) in [6.45, 7) is 0. The van der Waals surface area contributed by atoms with Crippen molar-refractivity contribution < 1.29 is 14.7 Å². The number of nitrogen functional groups attached to an aromatic ring is 1. The van der Waals surface area contributed by atoms with Crippen molar-refractivity contribution in [3.8, 4) is 0 Å². The van der Waals surface area contributed by atoms with Crippen LogP contribution in [0.2, 0.25) is 0 Å². The molecule has 0 heterocycles. The summed E-state index contributed by atoms with van der Waals surface area (Å²) in [5.74, 6) is -1.49. The van der Waals surface area contributed by atoms with E-state index in [-0.39, 0.29) is 18.4 Å². The number of carbonyl (C=O) groups excluding carboxylic acids is 1. The maximum Gasteiger partial charge on any atom is 0.310 e. The number of carbonyl (C=O) groups is 2. The predicted molar refractivity (Wildman–Crippen MR) is 71.4 cm³/mol. The molecular weight excluding hydrogens is 244 g/mol. The molecule has 0 saturated carbocycles. The molecule has 0 bridgehead atoms. The quantitative estimate of drug-likeness (QED) is 0.555. The summed E-state index contributed by atoms with van der Waals surface area (Å²) in [7, 11) is 0. The highest BCUT2D eigenvalue weighted by Crippen LogP contribution is 2.18. The van der Waals surface area contributed by atoms with Crippen molar-refractivity contribution in [3.63, 3.8) is 0 Å². The first kappa shape index (κ1) is 13.1. The Morgan fingerprint density at radius 1 is 1.37 bits per heavy atom. The van der Waals surface area contributed by atoms with Gasteiger partial charge in [-0.2, -0.15) is 0 Å². The minimum absolute atomic E-state index is 0.133. The molecule has 2 rings (SSSR count). The second kappa shape index (κ2) is 5.56. The van der Waals surface area contributed by atoms with Crippen molar-refractivity contribution >= 4 is 17.6 Å². The van der Waals surface area contributed by atoms with E-state index in [9.17, 15) is 9.59 Å². The van der Waals surface area contributed by atoms with Gasteiger partial charge in [-0.3, -0.25) is 9.59 Å². The molecule has 0 radical (unpaired) electrons. The lowest BCUT2D eigenvalue weighted by molar-refractivity contribution is -0.140. The zero-order valence-corrected chi connectivity index (χ0v) is 10.4. The van der Waals surface area contributed by atoms with E-state index in [1.54, 1.807) is 30.4 Å². The van der Waals surface area contributed by atoms with Crippen LogP contribution in [0, 0.1) is 5.92 Å². The third kappa shape index (κ3) is 3.58. The SMILES string of the molecule is Nc1cccc(CC(=O)NC2C=CC(C(=O)O)C2)c1. The van der Waals surface area contributed by atoms with E-state index in [4.69, 9.17) is 10.8 Å². The van der Waals surface area contributed by atoms with Crippen LogP contribution in [0.3, 0.4) is 0 Å². The van der Waals surface area contributed by atoms with E-state index in [1.807, 2.05) is 6.07 Å². The number of carboxylic acid groups (broad SMARTS) is 1.